The maximum absolute atomic E-state index is 12.0. The minimum Gasteiger partial charge on any atom is -0.348 e. The Hall–Kier alpha value is -2.14. The summed E-state index contributed by atoms with van der Waals surface area (Å²) < 4.78 is 1.74. The van der Waals surface area contributed by atoms with Crippen molar-refractivity contribution in [2.75, 3.05) is 0 Å². The highest BCUT2D eigenvalue weighted by molar-refractivity contribution is 5.94. The first kappa shape index (κ1) is 13.3. The number of nitrogens with zero attached hydrogens (tertiary/aromatic N) is 2. The van der Waals surface area contributed by atoms with Gasteiger partial charge in [0.05, 0.1) is 5.69 Å². The van der Waals surface area contributed by atoms with Crippen LogP contribution in [-0.2, 0) is 20.1 Å². The van der Waals surface area contributed by atoms with Gasteiger partial charge >= 0.3 is 0 Å². The molecule has 1 amide bonds. The maximum atomic E-state index is 12.0. The molecule has 0 saturated carbocycles. The highest BCUT2D eigenvalue weighted by atomic mass is 16.1. The number of nitrogens with two attached hydrogens (primary N) is 1. The minimum atomic E-state index is -0.0909. The highest BCUT2D eigenvalue weighted by Gasteiger charge is 2.07. The molecule has 0 radical (unpaired) electrons. The zero-order valence-electron chi connectivity index (χ0n) is 11.2. The van der Waals surface area contributed by atoms with Crippen LogP contribution in [0.1, 0.15) is 27.2 Å². The van der Waals surface area contributed by atoms with E-state index in [1.54, 1.807) is 16.8 Å². The van der Waals surface area contributed by atoms with E-state index in [0.717, 1.165) is 16.8 Å². The van der Waals surface area contributed by atoms with Crippen molar-refractivity contribution in [3.05, 3.63) is 52.8 Å². The molecular weight excluding hydrogens is 240 g/mol. The van der Waals surface area contributed by atoms with Gasteiger partial charge in [0.2, 0.25) is 0 Å². The molecule has 0 unspecified atom stereocenters. The van der Waals surface area contributed by atoms with Crippen LogP contribution in [0.25, 0.3) is 0 Å². The van der Waals surface area contributed by atoms with Gasteiger partial charge < -0.3 is 11.1 Å². The molecule has 0 aliphatic carbocycles. The number of aryl methyl sites for hydroxylation is 2. The summed E-state index contributed by atoms with van der Waals surface area (Å²) in [6.45, 7) is 2.89. The number of carbonyl (C=O) groups is 1. The standard InChI is InChI=1S/C14H18N4O/c1-10-13(9-18(2)17-10)8-16-14(19)12-5-3-11(7-15)4-6-12/h3-6,9H,7-8,15H2,1-2H3,(H,16,19). The number of hydrogen-bond donors (Lipinski definition) is 2. The molecule has 100 valence electrons. The molecule has 0 fully saturated rings. The molecule has 0 atom stereocenters. The fourth-order valence-corrected chi connectivity index (χ4v) is 1.89. The van der Waals surface area contributed by atoms with Crippen molar-refractivity contribution in [3.63, 3.8) is 0 Å². The Labute approximate surface area is 112 Å². The van der Waals surface area contributed by atoms with Crippen molar-refractivity contribution in [2.24, 2.45) is 12.8 Å². The SMILES string of the molecule is Cc1nn(C)cc1CNC(=O)c1ccc(CN)cc1. The minimum absolute atomic E-state index is 0.0909. The third-order valence-corrected chi connectivity index (χ3v) is 3.01. The Morgan fingerprint density at radius 3 is 2.58 bits per heavy atom. The van der Waals surface area contributed by atoms with Crippen molar-refractivity contribution >= 4 is 5.91 Å². The first-order valence-corrected chi connectivity index (χ1v) is 6.16. The van der Waals surface area contributed by atoms with Gasteiger partial charge in [-0.25, -0.2) is 0 Å². The molecule has 1 heterocycles. The van der Waals surface area contributed by atoms with Crippen LogP contribution in [0.2, 0.25) is 0 Å². The van der Waals surface area contributed by atoms with E-state index in [9.17, 15) is 4.79 Å². The summed E-state index contributed by atoms with van der Waals surface area (Å²) >= 11 is 0. The summed E-state index contributed by atoms with van der Waals surface area (Å²) in [4.78, 5) is 12.0. The second kappa shape index (κ2) is 5.67. The van der Waals surface area contributed by atoms with E-state index >= 15 is 0 Å². The predicted octanol–water partition coefficient (Wildman–Crippen LogP) is 1.12. The Kier molecular flexibility index (Phi) is 3.97. The Morgan fingerprint density at radius 2 is 2.05 bits per heavy atom. The molecule has 0 spiro atoms. The van der Waals surface area contributed by atoms with Gasteiger partial charge in [-0.2, -0.15) is 5.10 Å². The third-order valence-electron chi connectivity index (χ3n) is 3.01. The molecule has 5 nitrogen and oxygen atoms in total. The zero-order chi connectivity index (χ0) is 13.8. The summed E-state index contributed by atoms with van der Waals surface area (Å²) in [6.07, 6.45) is 1.91. The molecule has 0 aliphatic heterocycles. The molecule has 19 heavy (non-hydrogen) atoms. The fraction of sp³-hybridized carbons (Fsp3) is 0.286. The van der Waals surface area contributed by atoms with Crippen LogP contribution < -0.4 is 11.1 Å². The third kappa shape index (κ3) is 3.20. The van der Waals surface area contributed by atoms with Crippen molar-refractivity contribution in [2.45, 2.75) is 20.0 Å². The number of hydrogen-bond acceptors (Lipinski definition) is 3. The van der Waals surface area contributed by atoms with E-state index in [1.807, 2.05) is 32.3 Å². The first-order valence-electron chi connectivity index (χ1n) is 6.16. The Balaban J connectivity index is 1.99. The number of amides is 1. The number of benzene rings is 1. The summed E-state index contributed by atoms with van der Waals surface area (Å²) in [7, 11) is 1.86. The summed E-state index contributed by atoms with van der Waals surface area (Å²) in [5.74, 6) is -0.0909. The fourth-order valence-electron chi connectivity index (χ4n) is 1.89. The van der Waals surface area contributed by atoms with E-state index in [-0.39, 0.29) is 5.91 Å². The quantitative estimate of drug-likeness (QED) is 0.863. The number of aromatic nitrogens is 2. The van der Waals surface area contributed by atoms with Crippen LogP contribution in [0.15, 0.2) is 30.5 Å². The van der Waals surface area contributed by atoms with Gasteiger partial charge in [-0.05, 0) is 24.6 Å². The van der Waals surface area contributed by atoms with Crippen molar-refractivity contribution in [3.8, 4) is 0 Å². The molecule has 0 bridgehead atoms. The van der Waals surface area contributed by atoms with Crippen LogP contribution in [0.5, 0.6) is 0 Å². The number of carbonyl (C=O) groups excluding carboxylic acids is 1. The average Bonchev–Trinajstić information content (AvgIpc) is 2.74. The van der Waals surface area contributed by atoms with Crippen molar-refractivity contribution in [1.29, 1.82) is 0 Å². The van der Waals surface area contributed by atoms with Gasteiger partial charge in [0.1, 0.15) is 0 Å². The molecule has 0 saturated heterocycles. The van der Waals surface area contributed by atoms with Gasteiger partial charge in [0, 0.05) is 37.5 Å². The molecule has 1 aromatic carbocycles. The van der Waals surface area contributed by atoms with Crippen LogP contribution in [0.3, 0.4) is 0 Å². The number of rotatable bonds is 4. The van der Waals surface area contributed by atoms with Gasteiger partial charge in [0.25, 0.3) is 5.91 Å². The highest BCUT2D eigenvalue weighted by Crippen LogP contribution is 2.06. The van der Waals surface area contributed by atoms with Crippen molar-refractivity contribution in [1.82, 2.24) is 15.1 Å². The molecule has 3 N–H and O–H groups in total. The summed E-state index contributed by atoms with van der Waals surface area (Å²) in [6, 6.07) is 7.30. The van der Waals surface area contributed by atoms with E-state index in [4.69, 9.17) is 5.73 Å². The topological polar surface area (TPSA) is 72.9 Å². The summed E-state index contributed by atoms with van der Waals surface area (Å²) in [5, 5.41) is 7.12. The van der Waals surface area contributed by atoms with Gasteiger partial charge in [-0.15, -0.1) is 0 Å². The van der Waals surface area contributed by atoms with Gasteiger partial charge in [-0.1, -0.05) is 12.1 Å². The van der Waals surface area contributed by atoms with Crippen LogP contribution in [0.4, 0.5) is 0 Å². The lowest BCUT2D eigenvalue weighted by molar-refractivity contribution is 0.0951. The normalized spacial score (nSPS) is 10.5. The summed E-state index contributed by atoms with van der Waals surface area (Å²) in [5.41, 5.74) is 9.13. The molecule has 0 aliphatic rings. The van der Waals surface area contributed by atoms with Crippen molar-refractivity contribution < 1.29 is 4.79 Å². The Morgan fingerprint density at radius 1 is 1.37 bits per heavy atom. The average molecular weight is 258 g/mol. The van der Waals surface area contributed by atoms with E-state index in [0.29, 0.717) is 18.7 Å². The smallest absolute Gasteiger partial charge is 0.251 e. The van der Waals surface area contributed by atoms with Gasteiger partial charge in [-0.3, -0.25) is 9.48 Å². The Bertz CT molecular complexity index is 572. The second-order valence-corrected chi connectivity index (χ2v) is 4.50. The molecular formula is C14H18N4O. The van der Waals surface area contributed by atoms with Gasteiger partial charge in [0.15, 0.2) is 0 Å². The second-order valence-electron chi connectivity index (χ2n) is 4.50. The van der Waals surface area contributed by atoms with E-state index < -0.39 is 0 Å². The van der Waals surface area contributed by atoms with Crippen LogP contribution in [0, 0.1) is 6.92 Å². The van der Waals surface area contributed by atoms with E-state index in [1.165, 1.54) is 0 Å². The van der Waals surface area contributed by atoms with E-state index in [2.05, 4.69) is 10.4 Å². The maximum Gasteiger partial charge on any atom is 0.251 e. The zero-order valence-corrected chi connectivity index (χ0v) is 11.2. The predicted molar refractivity (Wildman–Crippen MR) is 73.4 cm³/mol. The largest absolute Gasteiger partial charge is 0.348 e. The van der Waals surface area contributed by atoms with Crippen LogP contribution >= 0.6 is 0 Å². The lowest BCUT2D eigenvalue weighted by Gasteiger charge is -2.05. The lowest BCUT2D eigenvalue weighted by Crippen LogP contribution is -2.22. The monoisotopic (exact) mass is 258 g/mol. The molecule has 1 aromatic heterocycles. The lowest BCUT2D eigenvalue weighted by atomic mass is 10.1. The molecule has 5 heteroatoms. The number of nitrogens with one attached hydrogen (secondary N) is 1. The van der Waals surface area contributed by atoms with Crippen LogP contribution in [-0.4, -0.2) is 15.7 Å². The molecule has 2 rings (SSSR count). The molecule has 2 aromatic rings. The first-order chi connectivity index (χ1) is 9.10.